The summed E-state index contributed by atoms with van der Waals surface area (Å²) in [7, 11) is 0. The lowest BCUT2D eigenvalue weighted by molar-refractivity contribution is -0.123. The van der Waals surface area contributed by atoms with Crippen molar-refractivity contribution in [3.05, 3.63) is 85.3 Å². The zero-order valence-corrected chi connectivity index (χ0v) is 64.7. The van der Waals surface area contributed by atoms with E-state index in [9.17, 15) is 4.79 Å². The molecule has 0 saturated carbocycles. The van der Waals surface area contributed by atoms with Crippen LogP contribution in [0.4, 0.5) is 0 Å². The highest BCUT2D eigenvalue weighted by Gasteiger charge is 2.40. The molecule has 2 aliphatic heterocycles. The Morgan fingerprint density at radius 2 is 0.870 bits per heavy atom. The molecule has 9 heteroatoms. The molecule has 0 spiro atoms. The Morgan fingerprint density at radius 1 is 0.489 bits per heavy atom. The normalized spacial score (nSPS) is 16.0. The number of amides is 2. The van der Waals surface area contributed by atoms with Crippen molar-refractivity contribution in [2.75, 3.05) is 13.1 Å². The molecule has 3 atom stereocenters. The van der Waals surface area contributed by atoms with Crippen LogP contribution in [0.3, 0.4) is 0 Å². The SMILES string of the molecule is CCCCCCCCCCCCC(CCCCCCCCCC)CN1C(=O)/C(=C(\c2ccc(C3=CCC(C(C)(C)C)S3)s2)N(C=O)CC(CCCCCCCCCC)CCCCCCCCCCCC)C(C)=C1c1ccc(-c2ccc(-c3ccc(C(C)(C)C)s3)s2)s1. The Kier molecular flexibility index (Phi) is 37.1. The molecule has 0 aromatic carbocycles. The van der Waals surface area contributed by atoms with Crippen LogP contribution < -0.4 is 0 Å². The van der Waals surface area contributed by atoms with Gasteiger partial charge in [-0.05, 0) is 116 Å². The average Bonchev–Trinajstić information content (AvgIpc) is 1.65. The van der Waals surface area contributed by atoms with Gasteiger partial charge >= 0.3 is 0 Å². The summed E-state index contributed by atoms with van der Waals surface area (Å²) >= 11 is 9.48. The molecule has 0 aliphatic carbocycles. The summed E-state index contributed by atoms with van der Waals surface area (Å²) < 4.78 is 0. The molecule has 4 nitrogen and oxygen atoms in total. The number of carbonyl (C=O) groups is 2. The smallest absolute Gasteiger partial charge is 0.260 e. The van der Waals surface area contributed by atoms with E-state index in [-0.39, 0.29) is 16.7 Å². The average molecular weight is 1350 g/mol. The molecule has 2 amide bonds. The topological polar surface area (TPSA) is 40.6 Å². The largest absolute Gasteiger partial charge is 0.313 e. The first-order valence-electron chi connectivity index (χ1n) is 38.4. The molecule has 2 aliphatic rings. The quantitative estimate of drug-likeness (QED) is 0.0251. The fourth-order valence-corrected chi connectivity index (χ4v) is 19.9. The number of carbonyl (C=O) groups excluding carboxylic acids is 2. The third-order valence-corrected chi connectivity index (χ3v) is 27.1. The minimum atomic E-state index is 0.0931. The molecule has 0 radical (unpaired) electrons. The van der Waals surface area contributed by atoms with E-state index < -0.39 is 0 Å². The molecule has 4 aromatic heterocycles. The van der Waals surface area contributed by atoms with Gasteiger partial charge in [0.15, 0.2) is 0 Å². The van der Waals surface area contributed by atoms with Gasteiger partial charge in [-0.2, -0.15) is 0 Å². The number of thioether (sulfide) groups is 1. The third kappa shape index (κ3) is 26.6. The van der Waals surface area contributed by atoms with Gasteiger partial charge < -0.3 is 9.80 Å². The Bertz CT molecular complexity index is 2770. The summed E-state index contributed by atoms with van der Waals surface area (Å²) in [6.07, 6.45) is 56.6. The number of thiophene rings is 4. The molecule has 92 heavy (non-hydrogen) atoms. The maximum absolute atomic E-state index is 16.5. The maximum atomic E-state index is 16.5. The van der Waals surface area contributed by atoms with Crippen LogP contribution in [0.15, 0.2) is 65.8 Å². The van der Waals surface area contributed by atoms with E-state index in [1.54, 1.807) is 11.3 Å². The number of nitrogens with zero attached hydrogens (tertiary/aromatic N) is 2. The number of hydrogen-bond donors (Lipinski definition) is 0. The molecule has 0 N–H and O–H groups in total. The van der Waals surface area contributed by atoms with E-state index in [1.165, 1.54) is 265 Å². The minimum absolute atomic E-state index is 0.0931. The molecular weight excluding hydrogens is 1220 g/mol. The van der Waals surface area contributed by atoms with Gasteiger partial charge in [-0.25, -0.2) is 0 Å². The Hall–Kier alpha value is -2.69. The summed E-state index contributed by atoms with van der Waals surface area (Å²) in [5.41, 5.74) is 4.00. The first kappa shape index (κ1) is 78.3. The fourth-order valence-electron chi connectivity index (χ4n) is 14.1. The minimum Gasteiger partial charge on any atom is -0.313 e. The van der Waals surface area contributed by atoms with Gasteiger partial charge in [0.2, 0.25) is 6.41 Å². The standard InChI is InChI=1S/C83H132N2O2S5/c1-12-16-20-24-28-32-34-38-41-45-49-66(48-44-40-36-30-26-22-18-14-3)62-84(64-86)80(75-57-55-71(90-75)73-59-61-77(92-73)83(9,10)11)78-65(5)79(74-56-54-69(89-74)68-52-53-70(88-68)72-58-60-76(91-72)82(6,7)8)85(81(78)87)63-67(50-46-42-37-31-27-23-19-15-4)51-47-43-39-35-33-29-25-21-17-13-2/h52-60,64,66-67,77H,12-51,61-63H2,1-11H3/b80-78+. The first-order valence-corrected chi connectivity index (χ1v) is 42.5. The fraction of sp³-hybridized carbons (Fsp3) is 0.711. The highest BCUT2D eigenvalue weighted by Crippen LogP contribution is 2.51. The molecular formula is C83H132N2O2S5. The molecule has 6 rings (SSSR count). The van der Waals surface area contributed by atoms with Crippen LogP contribution in [0.1, 0.15) is 359 Å². The summed E-state index contributed by atoms with van der Waals surface area (Å²) in [6, 6.07) is 18.5. The first-order chi connectivity index (χ1) is 44.6. The molecule has 6 heterocycles. The van der Waals surface area contributed by atoms with Gasteiger partial charge in [0, 0.05) is 52.5 Å². The zero-order chi connectivity index (χ0) is 66.0. The van der Waals surface area contributed by atoms with Crippen LogP contribution in [-0.2, 0) is 15.0 Å². The molecule has 4 aromatic rings. The van der Waals surface area contributed by atoms with Gasteiger partial charge in [-0.15, -0.1) is 57.1 Å². The van der Waals surface area contributed by atoms with E-state index in [0.717, 1.165) is 77.4 Å². The summed E-state index contributed by atoms with van der Waals surface area (Å²) in [5.74, 6) is 0.857. The lowest BCUT2D eigenvalue weighted by atomic mass is 9.90. The van der Waals surface area contributed by atoms with Crippen molar-refractivity contribution in [1.82, 2.24) is 9.80 Å². The van der Waals surface area contributed by atoms with E-state index in [2.05, 4.69) is 141 Å². The second-order valence-corrected chi connectivity index (χ2v) is 35.8. The number of hydrogen-bond acceptors (Lipinski definition) is 7. The summed E-state index contributed by atoms with van der Waals surface area (Å²) in [4.78, 5) is 46.7. The maximum Gasteiger partial charge on any atom is 0.260 e. The Balaban J connectivity index is 1.40. The van der Waals surface area contributed by atoms with Crippen molar-refractivity contribution >= 4 is 85.7 Å². The van der Waals surface area contributed by atoms with Crippen molar-refractivity contribution in [1.29, 1.82) is 0 Å². The van der Waals surface area contributed by atoms with Gasteiger partial charge in [0.25, 0.3) is 5.91 Å². The van der Waals surface area contributed by atoms with E-state index >= 15 is 4.79 Å². The lowest BCUT2D eigenvalue weighted by Crippen LogP contribution is -2.33. The number of allylic oxidation sites excluding steroid dienone is 1. The van der Waals surface area contributed by atoms with Gasteiger partial charge in [-0.1, -0.05) is 306 Å². The van der Waals surface area contributed by atoms with E-state index in [1.807, 2.05) is 45.8 Å². The van der Waals surface area contributed by atoms with Crippen molar-refractivity contribution in [3.63, 3.8) is 0 Å². The summed E-state index contributed by atoms with van der Waals surface area (Å²) in [6.45, 7) is 26.9. The lowest BCUT2D eigenvalue weighted by Gasteiger charge is -2.29. The molecule has 0 bridgehead atoms. The Morgan fingerprint density at radius 3 is 1.27 bits per heavy atom. The van der Waals surface area contributed by atoms with Gasteiger partial charge in [-0.3, -0.25) is 9.59 Å². The van der Waals surface area contributed by atoms with Crippen molar-refractivity contribution in [3.8, 4) is 19.5 Å². The predicted octanol–water partition coefficient (Wildman–Crippen LogP) is 28.8. The van der Waals surface area contributed by atoms with Crippen molar-refractivity contribution < 1.29 is 9.59 Å². The van der Waals surface area contributed by atoms with Crippen molar-refractivity contribution in [2.45, 2.75) is 350 Å². The summed E-state index contributed by atoms with van der Waals surface area (Å²) in [5, 5.41) is 0.514. The molecule has 0 fully saturated rings. The highest BCUT2D eigenvalue weighted by atomic mass is 32.2. The second kappa shape index (κ2) is 43.6. The Labute approximate surface area is 586 Å². The number of unbranched alkanes of at least 4 members (excludes halogenated alkanes) is 32. The van der Waals surface area contributed by atoms with Crippen LogP contribution in [0.5, 0.6) is 0 Å². The molecule has 516 valence electrons. The van der Waals surface area contributed by atoms with Crippen LogP contribution in [0.2, 0.25) is 0 Å². The molecule has 3 unspecified atom stereocenters. The van der Waals surface area contributed by atoms with E-state index in [4.69, 9.17) is 0 Å². The van der Waals surface area contributed by atoms with Crippen LogP contribution >= 0.6 is 57.1 Å². The van der Waals surface area contributed by atoms with Crippen LogP contribution in [-0.4, -0.2) is 40.5 Å². The zero-order valence-electron chi connectivity index (χ0n) is 60.7. The van der Waals surface area contributed by atoms with Gasteiger partial charge in [0.05, 0.1) is 26.7 Å². The van der Waals surface area contributed by atoms with Crippen LogP contribution in [0.25, 0.3) is 35.8 Å². The van der Waals surface area contributed by atoms with E-state index in [0.29, 0.717) is 23.6 Å². The monoisotopic (exact) mass is 1350 g/mol. The third-order valence-electron chi connectivity index (χ3n) is 20.0. The van der Waals surface area contributed by atoms with Crippen molar-refractivity contribution in [2.24, 2.45) is 17.3 Å². The predicted molar refractivity (Wildman–Crippen MR) is 416 cm³/mol. The van der Waals surface area contributed by atoms with Gasteiger partial charge in [0.1, 0.15) is 0 Å². The highest BCUT2D eigenvalue weighted by molar-refractivity contribution is 8.09. The van der Waals surface area contributed by atoms with Crippen LogP contribution in [0, 0.1) is 17.3 Å². The number of rotatable bonds is 51. The molecule has 0 saturated heterocycles. The second-order valence-electron chi connectivity index (χ2n) is 30.3.